The molecule has 3 rings (SSSR count). The molecule has 15 heavy (non-hydrogen) atoms. The maximum Gasteiger partial charge on any atom is 0.131 e. The van der Waals surface area contributed by atoms with Gasteiger partial charge in [-0.1, -0.05) is 0 Å². The van der Waals surface area contributed by atoms with Crippen LogP contribution in [0.5, 0.6) is 0 Å². The molecule has 0 aliphatic carbocycles. The van der Waals surface area contributed by atoms with E-state index in [1.54, 1.807) is 6.20 Å². The summed E-state index contributed by atoms with van der Waals surface area (Å²) in [5.41, 5.74) is 8.01. The predicted octanol–water partition coefficient (Wildman–Crippen LogP) is 0.809. The van der Waals surface area contributed by atoms with E-state index in [2.05, 4.69) is 16.8 Å². The molecule has 0 saturated carbocycles. The number of nitrogens with zero attached hydrogens (tertiary/aromatic N) is 2. The zero-order valence-corrected chi connectivity index (χ0v) is 8.86. The molecule has 0 radical (unpaired) electrons. The molecule has 4 nitrogen and oxygen atoms in total. The van der Waals surface area contributed by atoms with Gasteiger partial charge in [0.25, 0.3) is 0 Å². The highest BCUT2D eigenvalue weighted by Crippen LogP contribution is 2.40. The molecule has 2 aliphatic rings. The lowest BCUT2D eigenvalue weighted by Gasteiger charge is -2.55. The molecule has 1 aromatic rings. The van der Waals surface area contributed by atoms with Crippen molar-refractivity contribution in [1.29, 1.82) is 0 Å². The van der Waals surface area contributed by atoms with Gasteiger partial charge in [0.2, 0.25) is 0 Å². The molecular weight excluding hydrogens is 190 g/mol. The molecule has 2 saturated heterocycles. The minimum Gasteiger partial charge on any atom is -0.397 e. The Morgan fingerprint density at radius 3 is 2.73 bits per heavy atom. The molecule has 0 bridgehead atoms. The van der Waals surface area contributed by atoms with E-state index in [9.17, 15) is 0 Å². The number of aryl methyl sites for hydroxylation is 1. The predicted molar refractivity (Wildman–Crippen MR) is 58.9 cm³/mol. The van der Waals surface area contributed by atoms with E-state index in [-0.39, 0.29) is 0 Å². The average molecular weight is 205 g/mol. The minimum absolute atomic E-state index is 0.440. The van der Waals surface area contributed by atoms with Gasteiger partial charge in [-0.25, -0.2) is 4.98 Å². The van der Waals surface area contributed by atoms with Crippen LogP contribution >= 0.6 is 0 Å². The molecule has 0 atom stereocenters. The van der Waals surface area contributed by atoms with Crippen LogP contribution < -0.4 is 10.6 Å². The summed E-state index contributed by atoms with van der Waals surface area (Å²) >= 11 is 0. The molecule has 1 spiro atoms. The Kier molecular flexibility index (Phi) is 1.71. The van der Waals surface area contributed by atoms with E-state index in [1.807, 2.05) is 6.07 Å². The van der Waals surface area contributed by atoms with Gasteiger partial charge in [0.05, 0.1) is 30.5 Å². The first-order valence-corrected chi connectivity index (χ1v) is 5.23. The van der Waals surface area contributed by atoms with Gasteiger partial charge in [-0.05, 0) is 18.6 Å². The second-order valence-corrected chi connectivity index (χ2v) is 4.76. The van der Waals surface area contributed by atoms with Crippen molar-refractivity contribution in [3.8, 4) is 0 Å². The van der Waals surface area contributed by atoms with Crippen LogP contribution in [0.3, 0.4) is 0 Å². The maximum atomic E-state index is 5.68. The molecule has 3 heterocycles. The van der Waals surface area contributed by atoms with Crippen LogP contribution in [-0.2, 0) is 4.74 Å². The first-order chi connectivity index (χ1) is 7.19. The molecule has 2 fully saturated rings. The van der Waals surface area contributed by atoms with Gasteiger partial charge in [0, 0.05) is 13.1 Å². The molecule has 1 aromatic heterocycles. The summed E-state index contributed by atoms with van der Waals surface area (Å²) < 4.78 is 5.25. The highest BCUT2D eigenvalue weighted by atomic mass is 16.5. The van der Waals surface area contributed by atoms with Crippen molar-refractivity contribution >= 4 is 11.5 Å². The molecule has 80 valence electrons. The van der Waals surface area contributed by atoms with Gasteiger partial charge in [0.1, 0.15) is 5.82 Å². The summed E-state index contributed by atoms with van der Waals surface area (Å²) in [5.74, 6) is 1.07. The van der Waals surface area contributed by atoms with Crippen molar-refractivity contribution in [2.45, 2.75) is 6.92 Å². The highest BCUT2D eigenvalue weighted by molar-refractivity contribution is 5.54. The highest BCUT2D eigenvalue weighted by Gasteiger charge is 2.49. The van der Waals surface area contributed by atoms with Crippen molar-refractivity contribution in [3.05, 3.63) is 17.8 Å². The van der Waals surface area contributed by atoms with Gasteiger partial charge in [-0.15, -0.1) is 0 Å². The van der Waals surface area contributed by atoms with Gasteiger partial charge in [-0.3, -0.25) is 0 Å². The van der Waals surface area contributed by atoms with E-state index < -0.39 is 0 Å². The van der Waals surface area contributed by atoms with Crippen LogP contribution in [0.4, 0.5) is 11.5 Å². The summed E-state index contributed by atoms with van der Waals surface area (Å²) in [7, 11) is 0. The fourth-order valence-corrected chi connectivity index (χ4v) is 2.41. The first-order valence-electron chi connectivity index (χ1n) is 5.23. The fraction of sp³-hybridized carbons (Fsp3) is 0.545. The standard InChI is InChI=1S/C11H15N3O/c1-8-2-9(12)3-13-10(8)14-4-11(5-14)6-15-7-11/h2-3H,4-7,12H2,1H3. The Morgan fingerprint density at radius 2 is 2.20 bits per heavy atom. The minimum atomic E-state index is 0.440. The topological polar surface area (TPSA) is 51.4 Å². The Hall–Kier alpha value is -1.29. The van der Waals surface area contributed by atoms with Crippen LogP contribution in [-0.4, -0.2) is 31.3 Å². The molecule has 2 N–H and O–H groups in total. The largest absolute Gasteiger partial charge is 0.397 e. The summed E-state index contributed by atoms with van der Waals surface area (Å²) in [6, 6.07) is 1.98. The number of nitrogen functional groups attached to an aromatic ring is 1. The molecule has 4 heteroatoms. The second kappa shape index (κ2) is 2.85. The number of nitrogens with two attached hydrogens (primary N) is 1. The summed E-state index contributed by atoms with van der Waals surface area (Å²) in [6.45, 7) is 6.03. The summed E-state index contributed by atoms with van der Waals surface area (Å²) in [4.78, 5) is 6.69. The molecule has 0 aromatic carbocycles. The second-order valence-electron chi connectivity index (χ2n) is 4.76. The SMILES string of the molecule is Cc1cc(N)cnc1N1CC2(COC2)C1. The zero-order valence-electron chi connectivity index (χ0n) is 8.86. The summed E-state index contributed by atoms with van der Waals surface area (Å²) in [5, 5.41) is 0. The Morgan fingerprint density at radius 1 is 1.47 bits per heavy atom. The molecule has 2 aliphatic heterocycles. The smallest absolute Gasteiger partial charge is 0.131 e. The Balaban J connectivity index is 1.77. The van der Waals surface area contributed by atoms with E-state index in [1.165, 1.54) is 0 Å². The Labute approximate surface area is 89.0 Å². The number of rotatable bonds is 1. The number of aromatic nitrogens is 1. The first kappa shape index (κ1) is 8.97. The third kappa shape index (κ3) is 1.28. The zero-order chi connectivity index (χ0) is 10.5. The third-order valence-corrected chi connectivity index (χ3v) is 3.24. The normalized spacial score (nSPS) is 22.3. The summed E-state index contributed by atoms with van der Waals surface area (Å²) in [6.07, 6.45) is 1.73. The van der Waals surface area contributed by atoms with Crippen LogP contribution in [0.15, 0.2) is 12.3 Å². The molecule has 0 unspecified atom stereocenters. The lowest BCUT2D eigenvalue weighted by Crippen LogP contribution is -2.66. The van der Waals surface area contributed by atoms with Gasteiger partial charge in [-0.2, -0.15) is 0 Å². The third-order valence-electron chi connectivity index (χ3n) is 3.24. The Bertz CT molecular complexity index is 393. The number of ether oxygens (including phenoxy) is 1. The van der Waals surface area contributed by atoms with E-state index in [4.69, 9.17) is 10.5 Å². The van der Waals surface area contributed by atoms with Crippen molar-refractivity contribution < 1.29 is 4.74 Å². The molecular formula is C11H15N3O. The van der Waals surface area contributed by atoms with Gasteiger partial charge < -0.3 is 15.4 Å². The van der Waals surface area contributed by atoms with Gasteiger partial charge >= 0.3 is 0 Å². The fourth-order valence-electron chi connectivity index (χ4n) is 2.41. The van der Waals surface area contributed by atoms with Crippen LogP contribution in [0.2, 0.25) is 0 Å². The molecule has 0 amide bonds. The van der Waals surface area contributed by atoms with Crippen LogP contribution in [0.1, 0.15) is 5.56 Å². The number of hydrogen-bond donors (Lipinski definition) is 1. The van der Waals surface area contributed by atoms with E-state index >= 15 is 0 Å². The van der Waals surface area contributed by atoms with Crippen LogP contribution in [0.25, 0.3) is 0 Å². The van der Waals surface area contributed by atoms with Crippen LogP contribution in [0, 0.1) is 12.3 Å². The monoisotopic (exact) mass is 205 g/mol. The van der Waals surface area contributed by atoms with Crippen molar-refractivity contribution in [1.82, 2.24) is 4.98 Å². The van der Waals surface area contributed by atoms with Crippen molar-refractivity contribution in [3.63, 3.8) is 0 Å². The van der Waals surface area contributed by atoms with Crippen molar-refractivity contribution in [2.75, 3.05) is 36.9 Å². The maximum absolute atomic E-state index is 5.68. The van der Waals surface area contributed by atoms with E-state index in [0.29, 0.717) is 5.41 Å². The average Bonchev–Trinajstić information content (AvgIpc) is 2.03. The number of hydrogen-bond acceptors (Lipinski definition) is 4. The van der Waals surface area contributed by atoms with E-state index in [0.717, 1.165) is 43.4 Å². The van der Waals surface area contributed by atoms with Gasteiger partial charge in [0.15, 0.2) is 0 Å². The lowest BCUT2D eigenvalue weighted by molar-refractivity contribution is -0.127. The van der Waals surface area contributed by atoms with Crippen molar-refractivity contribution in [2.24, 2.45) is 5.41 Å². The number of pyridine rings is 1. The lowest BCUT2D eigenvalue weighted by atomic mass is 9.78. The quantitative estimate of drug-likeness (QED) is 0.737. The number of anilines is 2.